The van der Waals surface area contributed by atoms with Gasteiger partial charge in [0.05, 0.1) is 18.2 Å². The molecule has 2 heterocycles. The van der Waals surface area contributed by atoms with Crippen LogP contribution in [-0.2, 0) is 7.05 Å². The molecule has 1 atom stereocenters. The van der Waals surface area contributed by atoms with Gasteiger partial charge in [-0.05, 0) is 6.07 Å². The summed E-state index contributed by atoms with van der Waals surface area (Å²) in [6.07, 6.45) is 4.83. The lowest BCUT2D eigenvalue weighted by Crippen LogP contribution is -2.01. The number of aliphatic hydroxyl groups excluding tert-OH is 1. The first-order valence-electron chi connectivity index (χ1n) is 4.43. The highest BCUT2D eigenvalue weighted by Gasteiger charge is 2.13. The van der Waals surface area contributed by atoms with Crippen LogP contribution in [0.25, 0.3) is 0 Å². The van der Waals surface area contributed by atoms with Crippen molar-refractivity contribution in [1.82, 2.24) is 14.5 Å². The molecule has 0 radical (unpaired) electrons. The summed E-state index contributed by atoms with van der Waals surface area (Å²) in [6.45, 7) is 0. The third-order valence-corrected chi connectivity index (χ3v) is 2.05. The summed E-state index contributed by atoms with van der Waals surface area (Å²) >= 11 is 0. The fraction of sp³-hybridized carbons (Fsp3) is 0.200. The number of hydrogen-bond acceptors (Lipinski definition) is 3. The molecule has 0 fully saturated rings. The van der Waals surface area contributed by atoms with E-state index in [1.165, 1.54) is 12.3 Å². The predicted octanol–water partition coefficient (Wildman–Crippen LogP) is 1.04. The minimum absolute atomic E-state index is 0.397. The van der Waals surface area contributed by atoms with Crippen LogP contribution in [0.2, 0.25) is 0 Å². The van der Waals surface area contributed by atoms with E-state index in [2.05, 4.69) is 9.97 Å². The Kier molecular flexibility index (Phi) is 2.47. The topological polar surface area (TPSA) is 50.9 Å². The maximum absolute atomic E-state index is 12.8. The summed E-state index contributed by atoms with van der Waals surface area (Å²) in [5.74, 6) is -0.470. The highest BCUT2D eigenvalue weighted by Crippen LogP contribution is 2.19. The van der Waals surface area contributed by atoms with Crippen molar-refractivity contribution in [3.05, 3.63) is 48.1 Å². The second kappa shape index (κ2) is 3.78. The highest BCUT2D eigenvalue weighted by molar-refractivity contribution is 5.21. The average Bonchev–Trinajstić information content (AvgIpc) is 2.64. The lowest BCUT2D eigenvalue weighted by atomic mass is 10.1. The summed E-state index contributed by atoms with van der Waals surface area (Å²) in [7, 11) is 1.80. The maximum atomic E-state index is 12.8. The zero-order valence-corrected chi connectivity index (χ0v) is 8.13. The quantitative estimate of drug-likeness (QED) is 0.800. The van der Waals surface area contributed by atoms with E-state index in [4.69, 9.17) is 0 Å². The Morgan fingerprint density at radius 1 is 1.47 bits per heavy atom. The Bertz CT molecular complexity index is 469. The lowest BCUT2D eigenvalue weighted by Gasteiger charge is -2.06. The van der Waals surface area contributed by atoms with Crippen LogP contribution in [-0.4, -0.2) is 19.6 Å². The third kappa shape index (κ3) is 2.02. The zero-order valence-electron chi connectivity index (χ0n) is 8.13. The Balaban J connectivity index is 2.32. The van der Waals surface area contributed by atoms with Crippen LogP contribution < -0.4 is 0 Å². The van der Waals surface area contributed by atoms with Crippen molar-refractivity contribution in [3.8, 4) is 0 Å². The first kappa shape index (κ1) is 9.79. The molecular weight excluding hydrogens is 197 g/mol. The van der Waals surface area contributed by atoms with E-state index in [0.717, 1.165) is 6.20 Å². The van der Waals surface area contributed by atoms with Crippen LogP contribution in [0.3, 0.4) is 0 Å². The van der Waals surface area contributed by atoms with Gasteiger partial charge in [-0.25, -0.2) is 9.37 Å². The van der Waals surface area contributed by atoms with Gasteiger partial charge in [-0.1, -0.05) is 0 Å². The number of pyridine rings is 1. The first-order valence-corrected chi connectivity index (χ1v) is 4.43. The van der Waals surface area contributed by atoms with Crippen molar-refractivity contribution in [2.24, 2.45) is 7.05 Å². The molecule has 0 aliphatic heterocycles. The number of rotatable bonds is 2. The van der Waals surface area contributed by atoms with Crippen LogP contribution in [0.15, 0.2) is 31.0 Å². The van der Waals surface area contributed by atoms with Gasteiger partial charge in [-0.2, -0.15) is 0 Å². The fourth-order valence-corrected chi connectivity index (χ4v) is 1.32. The van der Waals surface area contributed by atoms with Gasteiger partial charge in [0.25, 0.3) is 0 Å². The summed E-state index contributed by atoms with van der Waals surface area (Å²) in [4.78, 5) is 7.65. The van der Waals surface area contributed by atoms with Crippen molar-refractivity contribution in [1.29, 1.82) is 0 Å². The summed E-state index contributed by atoms with van der Waals surface area (Å²) in [5.41, 5.74) is 0.874. The van der Waals surface area contributed by atoms with Gasteiger partial charge in [-0.15, -0.1) is 0 Å². The molecule has 0 aliphatic carbocycles. The van der Waals surface area contributed by atoms with Crippen LogP contribution in [0.5, 0.6) is 0 Å². The van der Waals surface area contributed by atoms with E-state index in [9.17, 15) is 9.50 Å². The molecule has 4 nitrogen and oxygen atoms in total. The van der Waals surface area contributed by atoms with E-state index in [0.29, 0.717) is 11.3 Å². The fourth-order valence-electron chi connectivity index (χ4n) is 1.32. The molecule has 0 amide bonds. The van der Waals surface area contributed by atoms with Crippen molar-refractivity contribution in [2.75, 3.05) is 0 Å². The monoisotopic (exact) mass is 207 g/mol. The van der Waals surface area contributed by atoms with Crippen LogP contribution in [0.4, 0.5) is 4.39 Å². The van der Waals surface area contributed by atoms with Crippen molar-refractivity contribution < 1.29 is 9.50 Å². The summed E-state index contributed by atoms with van der Waals surface area (Å²) in [6, 6.07) is 1.24. The van der Waals surface area contributed by atoms with Crippen LogP contribution >= 0.6 is 0 Å². The molecular formula is C10H10FN3O. The summed E-state index contributed by atoms with van der Waals surface area (Å²) in [5, 5.41) is 9.85. The zero-order chi connectivity index (χ0) is 10.8. The molecule has 1 unspecified atom stereocenters. The molecule has 0 aromatic carbocycles. The molecule has 2 aromatic heterocycles. The Hall–Kier alpha value is -1.75. The Morgan fingerprint density at radius 2 is 2.27 bits per heavy atom. The number of hydrogen-bond donors (Lipinski definition) is 1. The number of imidazole rings is 1. The number of aryl methyl sites for hydroxylation is 1. The third-order valence-electron chi connectivity index (χ3n) is 2.05. The SMILES string of the molecule is Cn1cnc(C(O)c2cncc(F)c2)c1. The van der Waals surface area contributed by atoms with Gasteiger partial charge >= 0.3 is 0 Å². The van der Waals surface area contributed by atoms with E-state index in [1.807, 2.05) is 0 Å². The molecule has 0 bridgehead atoms. The lowest BCUT2D eigenvalue weighted by molar-refractivity contribution is 0.215. The second-order valence-electron chi connectivity index (χ2n) is 3.30. The molecule has 5 heteroatoms. The molecule has 1 N–H and O–H groups in total. The first-order chi connectivity index (χ1) is 7.16. The highest BCUT2D eigenvalue weighted by atomic mass is 19.1. The van der Waals surface area contributed by atoms with Gasteiger partial charge in [0.1, 0.15) is 11.9 Å². The summed E-state index contributed by atoms with van der Waals surface area (Å²) < 4.78 is 14.6. The molecule has 78 valence electrons. The number of aliphatic hydroxyl groups is 1. The molecule has 0 saturated heterocycles. The van der Waals surface area contributed by atoms with Gasteiger partial charge in [-0.3, -0.25) is 4.98 Å². The van der Waals surface area contributed by atoms with Gasteiger partial charge in [0, 0.05) is 25.0 Å². The molecule has 2 aromatic rings. The molecule has 15 heavy (non-hydrogen) atoms. The number of nitrogens with zero attached hydrogens (tertiary/aromatic N) is 3. The molecule has 0 saturated carbocycles. The van der Waals surface area contributed by atoms with E-state index in [1.54, 1.807) is 24.1 Å². The van der Waals surface area contributed by atoms with E-state index in [-0.39, 0.29) is 0 Å². The Labute approximate surface area is 86.0 Å². The minimum Gasteiger partial charge on any atom is -0.382 e. The van der Waals surface area contributed by atoms with Gasteiger partial charge in [0.15, 0.2) is 0 Å². The van der Waals surface area contributed by atoms with Crippen LogP contribution in [0.1, 0.15) is 17.4 Å². The van der Waals surface area contributed by atoms with Gasteiger partial charge in [0.2, 0.25) is 0 Å². The number of halogens is 1. The number of aromatic nitrogens is 3. The molecule has 2 rings (SSSR count). The second-order valence-corrected chi connectivity index (χ2v) is 3.30. The van der Waals surface area contributed by atoms with Crippen molar-refractivity contribution >= 4 is 0 Å². The average molecular weight is 207 g/mol. The molecule has 0 aliphatic rings. The standard InChI is InChI=1S/C10H10FN3O/c1-14-5-9(13-6-14)10(15)7-2-8(11)4-12-3-7/h2-6,10,15H,1H3. The Morgan fingerprint density at radius 3 is 2.87 bits per heavy atom. The largest absolute Gasteiger partial charge is 0.382 e. The minimum atomic E-state index is -0.936. The molecule has 0 spiro atoms. The smallest absolute Gasteiger partial charge is 0.141 e. The van der Waals surface area contributed by atoms with E-state index < -0.39 is 11.9 Å². The normalized spacial score (nSPS) is 12.7. The van der Waals surface area contributed by atoms with E-state index >= 15 is 0 Å². The van der Waals surface area contributed by atoms with Gasteiger partial charge < -0.3 is 9.67 Å². The van der Waals surface area contributed by atoms with Crippen molar-refractivity contribution in [3.63, 3.8) is 0 Å². The maximum Gasteiger partial charge on any atom is 0.141 e. The predicted molar refractivity (Wildman–Crippen MR) is 51.5 cm³/mol. The van der Waals surface area contributed by atoms with Crippen molar-refractivity contribution in [2.45, 2.75) is 6.10 Å². The van der Waals surface area contributed by atoms with Crippen LogP contribution in [0, 0.1) is 5.82 Å².